The average molecular weight is 612 g/mol. The van der Waals surface area contributed by atoms with E-state index in [9.17, 15) is 24.3 Å². The van der Waals surface area contributed by atoms with Crippen molar-refractivity contribution < 1.29 is 33.8 Å². The summed E-state index contributed by atoms with van der Waals surface area (Å²) in [5, 5.41) is 18.4. The number of benzene rings is 2. The van der Waals surface area contributed by atoms with Crippen molar-refractivity contribution in [1.29, 1.82) is 0 Å². The van der Waals surface area contributed by atoms with Crippen molar-refractivity contribution in [2.45, 2.75) is 98.9 Å². The monoisotopic (exact) mass is 611 g/mol. The Bertz CT molecular complexity index is 1270. The second kappa shape index (κ2) is 16.1. The zero-order chi connectivity index (χ0) is 33.1. The van der Waals surface area contributed by atoms with Crippen LogP contribution in [0.1, 0.15) is 78.5 Å². The van der Waals surface area contributed by atoms with Crippen LogP contribution in [0.5, 0.6) is 5.75 Å². The maximum Gasteiger partial charge on any atom is 0.408 e. The Morgan fingerprint density at radius 1 is 0.864 bits per heavy atom. The van der Waals surface area contributed by atoms with E-state index >= 15 is 0 Å². The van der Waals surface area contributed by atoms with Crippen LogP contribution in [-0.4, -0.2) is 53.2 Å². The van der Waals surface area contributed by atoms with Gasteiger partial charge >= 0.3 is 12.2 Å². The van der Waals surface area contributed by atoms with Crippen molar-refractivity contribution >= 4 is 23.9 Å². The van der Waals surface area contributed by atoms with Crippen LogP contribution in [0.2, 0.25) is 0 Å². The number of phenolic OH excluding ortho intramolecular Hbond substituents is 1. The van der Waals surface area contributed by atoms with Gasteiger partial charge in [0, 0.05) is 18.0 Å². The standard InChI is InChI=1S/C34H49N3O7/c1-22(33(3,4)5)16-27(37-32(42)44-34(6,7)8)18-25-14-15-29(39)26(17-25)19-28(38)20-35-30(40)23(2)36-31(41)43-21-24-12-10-9-11-13-24/h9-15,17,22-23,27,39H,16,18-21H2,1-8H3,(H,35,40)(H,36,41)(H,37,42)/t22?,23?,27-/m1/s1. The van der Waals surface area contributed by atoms with Gasteiger partial charge in [-0.2, -0.15) is 0 Å². The summed E-state index contributed by atoms with van der Waals surface area (Å²) in [4.78, 5) is 49.8. The Hall–Kier alpha value is -4.08. The van der Waals surface area contributed by atoms with Gasteiger partial charge in [-0.05, 0) is 69.1 Å². The van der Waals surface area contributed by atoms with Crippen molar-refractivity contribution in [2.24, 2.45) is 11.3 Å². The summed E-state index contributed by atoms with van der Waals surface area (Å²) in [6.45, 7) is 15.3. The predicted molar refractivity (Wildman–Crippen MR) is 169 cm³/mol. The normalized spacial score (nSPS) is 13.6. The van der Waals surface area contributed by atoms with Crippen LogP contribution in [0, 0.1) is 11.3 Å². The highest BCUT2D eigenvalue weighted by atomic mass is 16.6. The number of nitrogens with one attached hydrogen (secondary N) is 3. The summed E-state index contributed by atoms with van der Waals surface area (Å²) in [6.07, 6.45) is -0.177. The van der Waals surface area contributed by atoms with Crippen molar-refractivity contribution in [3.05, 3.63) is 65.2 Å². The number of Topliss-reactive ketones (excluding diaryl/α,β-unsaturated/α-hetero) is 1. The van der Waals surface area contributed by atoms with E-state index in [4.69, 9.17) is 9.47 Å². The van der Waals surface area contributed by atoms with Crippen LogP contribution in [0.3, 0.4) is 0 Å². The summed E-state index contributed by atoms with van der Waals surface area (Å²) < 4.78 is 10.6. The van der Waals surface area contributed by atoms with E-state index in [-0.39, 0.29) is 48.5 Å². The minimum atomic E-state index is -0.923. The van der Waals surface area contributed by atoms with Crippen molar-refractivity contribution in [3.8, 4) is 5.75 Å². The van der Waals surface area contributed by atoms with Crippen molar-refractivity contribution in [1.82, 2.24) is 16.0 Å². The van der Waals surface area contributed by atoms with Gasteiger partial charge in [-0.15, -0.1) is 0 Å². The first kappa shape index (κ1) is 36.1. The van der Waals surface area contributed by atoms with Gasteiger partial charge in [-0.3, -0.25) is 9.59 Å². The summed E-state index contributed by atoms with van der Waals surface area (Å²) in [5.74, 6) is -0.623. The van der Waals surface area contributed by atoms with Crippen molar-refractivity contribution in [2.75, 3.05) is 6.54 Å². The van der Waals surface area contributed by atoms with Crippen LogP contribution >= 0.6 is 0 Å². The number of carbonyl (C=O) groups is 4. The summed E-state index contributed by atoms with van der Waals surface area (Å²) in [6, 6.07) is 13.0. The van der Waals surface area contributed by atoms with Gasteiger partial charge in [0.15, 0.2) is 5.78 Å². The van der Waals surface area contributed by atoms with Gasteiger partial charge in [0.2, 0.25) is 5.91 Å². The molecule has 2 aromatic carbocycles. The molecule has 2 rings (SSSR count). The van der Waals surface area contributed by atoms with Gasteiger partial charge in [-0.1, -0.05) is 70.2 Å². The second-order valence-electron chi connectivity index (χ2n) is 13.4. The molecule has 3 amide bonds. The SMILES string of the molecule is CC(NC(=O)OCc1ccccc1)C(=O)NCC(=O)Cc1cc(C[C@@H](CC(C)C(C)(C)C)NC(=O)OC(C)(C)C)ccc1O. The van der Waals surface area contributed by atoms with E-state index in [1.54, 1.807) is 12.1 Å². The van der Waals surface area contributed by atoms with Gasteiger partial charge in [-0.25, -0.2) is 9.59 Å². The van der Waals surface area contributed by atoms with E-state index in [2.05, 4.69) is 43.6 Å². The zero-order valence-corrected chi connectivity index (χ0v) is 27.3. The largest absolute Gasteiger partial charge is 0.508 e. The number of ketones is 1. The lowest BCUT2D eigenvalue weighted by atomic mass is 9.77. The molecule has 0 aliphatic carbocycles. The fraction of sp³-hybridized carbons (Fsp3) is 0.529. The summed E-state index contributed by atoms with van der Waals surface area (Å²) in [5.41, 5.74) is 1.46. The smallest absolute Gasteiger partial charge is 0.408 e. The maximum atomic E-state index is 12.7. The molecule has 44 heavy (non-hydrogen) atoms. The molecular weight excluding hydrogens is 562 g/mol. The van der Waals surface area contributed by atoms with Crippen molar-refractivity contribution in [3.63, 3.8) is 0 Å². The van der Waals surface area contributed by atoms with E-state index in [0.29, 0.717) is 18.4 Å². The number of aromatic hydroxyl groups is 1. The third-order valence-corrected chi connectivity index (χ3v) is 7.25. The van der Waals surface area contributed by atoms with Crippen LogP contribution in [0.4, 0.5) is 9.59 Å². The van der Waals surface area contributed by atoms with Gasteiger partial charge in [0.25, 0.3) is 0 Å². The van der Waals surface area contributed by atoms with E-state index in [1.165, 1.54) is 13.0 Å². The number of rotatable bonds is 13. The highest BCUT2D eigenvalue weighted by Crippen LogP contribution is 2.30. The first-order chi connectivity index (χ1) is 20.4. The molecule has 0 saturated carbocycles. The molecule has 0 heterocycles. The quantitative estimate of drug-likeness (QED) is 0.236. The number of ether oxygens (including phenoxy) is 2. The fourth-order valence-corrected chi connectivity index (χ4v) is 4.26. The molecule has 0 aliphatic rings. The van der Waals surface area contributed by atoms with Gasteiger partial charge in [0.1, 0.15) is 24.0 Å². The Morgan fingerprint density at radius 2 is 1.52 bits per heavy atom. The van der Waals surface area contributed by atoms with E-state index < -0.39 is 29.7 Å². The highest BCUT2D eigenvalue weighted by Gasteiger charge is 2.27. The van der Waals surface area contributed by atoms with Crippen LogP contribution in [0.25, 0.3) is 0 Å². The Labute approximate surface area is 261 Å². The average Bonchev–Trinajstić information content (AvgIpc) is 2.91. The second-order valence-corrected chi connectivity index (χ2v) is 13.4. The summed E-state index contributed by atoms with van der Waals surface area (Å²) in [7, 11) is 0. The molecular formula is C34H49N3O7. The van der Waals surface area contributed by atoms with Gasteiger partial charge < -0.3 is 30.5 Å². The third-order valence-electron chi connectivity index (χ3n) is 7.25. The molecule has 3 atom stereocenters. The molecule has 2 unspecified atom stereocenters. The topological polar surface area (TPSA) is 143 Å². The van der Waals surface area contributed by atoms with Crippen LogP contribution in [0.15, 0.2) is 48.5 Å². The Morgan fingerprint density at radius 3 is 2.14 bits per heavy atom. The predicted octanol–water partition coefficient (Wildman–Crippen LogP) is 5.44. The lowest BCUT2D eigenvalue weighted by molar-refractivity contribution is -0.126. The molecule has 0 fully saturated rings. The molecule has 10 nitrogen and oxygen atoms in total. The number of amides is 3. The fourth-order valence-electron chi connectivity index (χ4n) is 4.26. The molecule has 10 heteroatoms. The maximum absolute atomic E-state index is 12.7. The number of phenols is 1. The first-order valence-corrected chi connectivity index (χ1v) is 15.0. The molecule has 2 aromatic rings. The molecule has 0 radical (unpaired) electrons. The van der Waals surface area contributed by atoms with Crippen LogP contribution in [-0.2, 0) is 38.5 Å². The van der Waals surface area contributed by atoms with E-state index in [1.807, 2.05) is 51.1 Å². The molecule has 0 aromatic heterocycles. The minimum absolute atomic E-state index is 0.0281. The number of alkyl carbamates (subject to hydrolysis) is 2. The molecule has 4 N–H and O–H groups in total. The molecule has 0 saturated heterocycles. The highest BCUT2D eigenvalue weighted by molar-refractivity contribution is 5.90. The Balaban J connectivity index is 1.96. The minimum Gasteiger partial charge on any atom is -0.508 e. The lowest BCUT2D eigenvalue weighted by Gasteiger charge is -2.32. The Kier molecular flexibility index (Phi) is 13.2. The molecule has 242 valence electrons. The number of hydrogen-bond donors (Lipinski definition) is 4. The van der Waals surface area contributed by atoms with E-state index in [0.717, 1.165) is 11.1 Å². The molecule has 0 spiro atoms. The zero-order valence-electron chi connectivity index (χ0n) is 27.3. The lowest BCUT2D eigenvalue weighted by Crippen LogP contribution is -2.46. The molecule has 0 bridgehead atoms. The third kappa shape index (κ3) is 13.5. The first-order valence-electron chi connectivity index (χ1n) is 15.0. The van der Waals surface area contributed by atoms with Gasteiger partial charge in [0.05, 0.1) is 6.54 Å². The number of hydrogen-bond acceptors (Lipinski definition) is 7. The van der Waals surface area contributed by atoms with Crippen LogP contribution < -0.4 is 16.0 Å². The summed E-state index contributed by atoms with van der Waals surface area (Å²) >= 11 is 0. The number of carbonyl (C=O) groups excluding carboxylic acids is 4. The molecule has 0 aliphatic heterocycles.